The van der Waals surface area contributed by atoms with Gasteiger partial charge in [0.15, 0.2) is 0 Å². The molecule has 3 N–H and O–H groups in total. The molecule has 5 heteroatoms. The molecule has 0 atom stereocenters. The van der Waals surface area contributed by atoms with Crippen LogP contribution in [0.4, 0.5) is 11.4 Å². The summed E-state index contributed by atoms with van der Waals surface area (Å²) in [5, 5.41) is 6.34. The Morgan fingerprint density at radius 2 is 2.05 bits per heavy atom. The summed E-state index contributed by atoms with van der Waals surface area (Å²) >= 11 is 7.59. The number of fused-ring (bicyclic) bond motifs is 1. The fraction of sp³-hybridized carbons (Fsp3) is 0. The van der Waals surface area contributed by atoms with Gasteiger partial charge in [0, 0.05) is 10.4 Å². The van der Waals surface area contributed by atoms with Crippen molar-refractivity contribution in [3.05, 3.63) is 58.4 Å². The van der Waals surface area contributed by atoms with Crippen molar-refractivity contribution in [3.63, 3.8) is 0 Å². The molecule has 3 aromatic rings. The highest BCUT2D eigenvalue weighted by atomic mass is 35.5. The molecule has 0 aliphatic carbocycles. The Kier molecular flexibility index (Phi) is 3.34. The number of amides is 1. The van der Waals surface area contributed by atoms with Crippen molar-refractivity contribution in [2.24, 2.45) is 0 Å². The molecule has 0 unspecified atom stereocenters. The third-order valence-electron chi connectivity index (χ3n) is 3.01. The van der Waals surface area contributed by atoms with Crippen LogP contribution in [0.3, 0.4) is 0 Å². The molecule has 1 amide bonds. The molecule has 0 fully saturated rings. The Morgan fingerprint density at radius 3 is 2.90 bits per heavy atom. The van der Waals surface area contributed by atoms with Crippen molar-refractivity contribution in [1.29, 1.82) is 0 Å². The van der Waals surface area contributed by atoms with Gasteiger partial charge in [-0.1, -0.05) is 17.7 Å². The normalized spacial score (nSPS) is 10.7. The highest BCUT2D eigenvalue weighted by Crippen LogP contribution is 2.26. The third kappa shape index (κ3) is 2.35. The molecule has 1 heterocycles. The molecule has 0 bridgehead atoms. The zero-order valence-corrected chi connectivity index (χ0v) is 12.0. The van der Waals surface area contributed by atoms with E-state index in [0.29, 0.717) is 16.3 Å². The SMILES string of the molecule is Nc1c(Cl)cccc1C(=O)Nc1ccc2sccc2c1. The smallest absolute Gasteiger partial charge is 0.257 e. The van der Waals surface area contributed by atoms with Crippen molar-refractivity contribution in [3.8, 4) is 0 Å². The average Bonchev–Trinajstić information content (AvgIpc) is 2.89. The zero-order valence-electron chi connectivity index (χ0n) is 10.4. The Bertz CT molecular complexity index is 797. The number of rotatable bonds is 2. The monoisotopic (exact) mass is 302 g/mol. The first-order chi connectivity index (χ1) is 9.65. The molecule has 3 nitrogen and oxygen atoms in total. The molecule has 20 heavy (non-hydrogen) atoms. The minimum atomic E-state index is -0.264. The topological polar surface area (TPSA) is 55.1 Å². The third-order valence-corrected chi connectivity index (χ3v) is 4.24. The van der Waals surface area contributed by atoms with E-state index in [1.807, 2.05) is 29.6 Å². The van der Waals surface area contributed by atoms with Gasteiger partial charge in [-0.3, -0.25) is 4.79 Å². The fourth-order valence-corrected chi connectivity index (χ4v) is 2.92. The summed E-state index contributed by atoms with van der Waals surface area (Å²) in [6.45, 7) is 0. The predicted molar refractivity (Wildman–Crippen MR) is 85.6 cm³/mol. The molecule has 100 valence electrons. The number of carbonyl (C=O) groups excluding carboxylic acids is 1. The van der Waals surface area contributed by atoms with E-state index in [-0.39, 0.29) is 5.91 Å². The second-order valence-corrected chi connectivity index (χ2v) is 5.68. The molecule has 0 aliphatic heterocycles. The minimum absolute atomic E-state index is 0.264. The van der Waals surface area contributed by atoms with E-state index in [2.05, 4.69) is 5.32 Å². The Morgan fingerprint density at radius 1 is 1.20 bits per heavy atom. The summed E-state index contributed by atoms with van der Waals surface area (Å²) in [5.41, 5.74) is 7.23. The first-order valence-electron chi connectivity index (χ1n) is 5.98. The van der Waals surface area contributed by atoms with Gasteiger partial charge in [0.25, 0.3) is 5.91 Å². The molecule has 3 rings (SSSR count). The highest BCUT2D eigenvalue weighted by Gasteiger charge is 2.12. The van der Waals surface area contributed by atoms with Gasteiger partial charge in [-0.25, -0.2) is 0 Å². The number of halogens is 1. The number of hydrogen-bond donors (Lipinski definition) is 2. The second-order valence-electron chi connectivity index (χ2n) is 4.33. The summed E-state index contributed by atoms with van der Waals surface area (Å²) < 4.78 is 1.19. The van der Waals surface area contributed by atoms with Crippen LogP contribution in [0.25, 0.3) is 10.1 Å². The van der Waals surface area contributed by atoms with Gasteiger partial charge < -0.3 is 11.1 Å². The molecule has 1 aromatic heterocycles. The van der Waals surface area contributed by atoms with Crippen LogP contribution in [-0.2, 0) is 0 Å². The lowest BCUT2D eigenvalue weighted by molar-refractivity contribution is 0.102. The van der Waals surface area contributed by atoms with Crippen molar-refractivity contribution >= 4 is 50.3 Å². The molecular formula is C15H11ClN2OS. The second kappa shape index (κ2) is 5.15. The molecule has 2 aromatic carbocycles. The van der Waals surface area contributed by atoms with Crippen molar-refractivity contribution in [1.82, 2.24) is 0 Å². The summed E-state index contributed by atoms with van der Waals surface area (Å²) in [6, 6.07) is 12.8. The fourth-order valence-electron chi connectivity index (χ4n) is 1.98. The lowest BCUT2D eigenvalue weighted by Gasteiger charge is -2.08. The van der Waals surface area contributed by atoms with Crippen LogP contribution in [0.5, 0.6) is 0 Å². The Labute approximate surface area is 125 Å². The zero-order chi connectivity index (χ0) is 14.1. The van der Waals surface area contributed by atoms with Gasteiger partial charge in [-0.05, 0) is 47.2 Å². The van der Waals surface area contributed by atoms with E-state index in [0.717, 1.165) is 11.1 Å². The van der Waals surface area contributed by atoms with E-state index in [4.69, 9.17) is 17.3 Å². The van der Waals surface area contributed by atoms with E-state index >= 15 is 0 Å². The number of hydrogen-bond acceptors (Lipinski definition) is 3. The van der Waals surface area contributed by atoms with Gasteiger partial charge in [0.05, 0.1) is 16.3 Å². The number of thiophene rings is 1. The summed E-state index contributed by atoms with van der Waals surface area (Å²) in [7, 11) is 0. The van der Waals surface area contributed by atoms with Gasteiger partial charge in [0.2, 0.25) is 0 Å². The number of carbonyl (C=O) groups is 1. The number of nitrogens with two attached hydrogens (primary N) is 1. The Balaban J connectivity index is 1.90. The summed E-state index contributed by atoms with van der Waals surface area (Å²) in [4.78, 5) is 12.2. The van der Waals surface area contributed by atoms with Crippen LogP contribution in [0.15, 0.2) is 47.8 Å². The molecule has 0 radical (unpaired) electrons. The van der Waals surface area contributed by atoms with Crippen LogP contribution in [-0.4, -0.2) is 5.91 Å². The molecular weight excluding hydrogens is 292 g/mol. The minimum Gasteiger partial charge on any atom is -0.397 e. The number of nitrogens with one attached hydrogen (secondary N) is 1. The maximum atomic E-state index is 12.2. The number of anilines is 2. The maximum Gasteiger partial charge on any atom is 0.257 e. The van der Waals surface area contributed by atoms with Crippen molar-refractivity contribution in [2.45, 2.75) is 0 Å². The molecule has 0 spiro atoms. The number of benzene rings is 2. The number of para-hydroxylation sites is 1. The van der Waals surface area contributed by atoms with Crippen LogP contribution < -0.4 is 11.1 Å². The standard InChI is InChI=1S/C15H11ClN2OS/c16-12-3-1-2-11(14(12)17)15(19)18-10-4-5-13-9(8-10)6-7-20-13/h1-8H,17H2,(H,18,19). The van der Waals surface area contributed by atoms with Gasteiger partial charge in [-0.15, -0.1) is 11.3 Å². The van der Waals surface area contributed by atoms with Gasteiger partial charge in [0.1, 0.15) is 0 Å². The highest BCUT2D eigenvalue weighted by molar-refractivity contribution is 7.17. The molecule has 0 saturated carbocycles. The quantitative estimate of drug-likeness (QED) is 0.690. The largest absolute Gasteiger partial charge is 0.397 e. The van der Waals surface area contributed by atoms with Crippen molar-refractivity contribution in [2.75, 3.05) is 11.1 Å². The first kappa shape index (κ1) is 13.0. The van der Waals surface area contributed by atoms with Crippen LogP contribution in [0.2, 0.25) is 5.02 Å². The van der Waals surface area contributed by atoms with E-state index in [1.54, 1.807) is 29.5 Å². The lowest BCUT2D eigenvalue weighted by Crippen LogP contribution is -2.14. The van der Waals surface area contributed by atoms with Crippen molar-refractivity contribution < 1.29 is 4.79 Å². The lowest BCUT2D eigenvalue weighted by atomic mass is 10.1. The first-order valence-corrected chi connectivity index (χ1v) is 7.23. The summed E-state index contributed by atoms with van der Waals surface area (Å²) in [6.07, 6.45) is 0. The number of nitrogen functional groups attached to an aromatic ring is 1. The molecule has 0 saturated heterocycles. The molecule has 0 aliphatic rings. The summed E-state index contributed by atoms with van der Waals surface area (Å²) in [5.74, 6) is -0.264. The predicted octanol–water partition coefficient (Wildman–Crippen LogP) is 4.39. The van der Waals surface area contributed by atoms with E-state index in [9.17, 15) is 4.79 Å². The van der Waals surface area contributed by atoms with Crippen LogP contribution in [0.1, 0.15) is 10.4 Å². The maximum absolute atomic E-state index is 12.2. The Hall–Kier alpha value is -2.04. The van der Waals surface area contributed by atoms with Crippen LogP contribution >= 0.6 is 22.9 Å². The van der Waals surface area contributed by atoms with E-state index in [1.165, 1.54) is 4.70 Å². The van der Waals surface area contributed by atoms with Gasteiger partial charge >= 0.3 is 0 Å². The van der Waals surface area contributed by atoms with Crippen LogP contribution in [0, 0.1) is 0 Å². The average molecular weight is 303 g/mol. The van der Waals surface area contributed by atoms with E-state index < -0.39 is 0 Å². The van der Waals surface area contributed by atoms with Gasteiger partial charge in [-0.2, -0.15) is 0 Å².